The maximum Gasteiger partial charge on any atom is 0.330 e. The van der Waals surface area contributed by atoms with E-state index in [1.165, 1.54) is 38.1 Å². The first-order chi connectivity index (χ1) is 47.7. The summed E-state index contributed by atoms with van der Waals surface area (Å²) in [5.74, 6) is -18.9. The molecular formula is C69H79Cl3N6O24. The second kappa shape index (κ2) is 31.6. The molecule has 30 nitrogen and oxygen atoms in total. The van der Waals surface area contributed by atoms with E-state index < -0.39 is 238 Å². The van der Waals surface area contributed by atoms with Crippen LogP contribution in [0.3, 0.4) is 0 Å². The van der Waals surface area contributed by atoms with Gasteiger partial charge in [-0.05, 0) is 109 Å². The number of fused-ring (bicyclic) bond motifs is 15. The number of rotatable bonds is 13. The fourth-order valence-corrected chi connectivity index (χ4v) is 13.7. The predicted molar refractivity (Wildman–Crippen MR) is 360 cm³/mol. The van der Waals surface area contributed by atoms with Crippen LogP contribution in [0.4, 0.5) is 0 Å². The number of carbonyl (C=O) groups excluding carboxylic acids is 7. The molecule has 0 radical (unpaired) electrons. The summed E-state index contributed by atoms with van der Waals surface area (Å²) < 4.78 is 38.5. The number of aliphatic hydroxyl groups excluding tert-OH is 6. The van der Waals surface area contributed by atoms with Crippen LogP contribution in [-0.2, 0) is 52.6 Å². The Morgan fingerprint density at radius 3 is 1.95 bits per heavy atom. The number of benzene rings is 5. The molecule has 7 heterocycles. The van der Waals surface area contributed by atoms with Gasteiger partial charge in [0.05, 0.1) is 40.7 Å². The molecule has 5 amide bonds. The van der Waals surface area contributed by atoms with E-state index in [1.54, 1.807) is 6.92 Å². The van der Waals surface area contributed by atoms with E-state index >= 15 is 14.4 Å². The Morgan fingerprint density at radius 1 is 0.745 bits per heavy atom. The van der Waals surface area contributed by atoms with E-state index in [9.17, 15) is 75.0 Å². The van der Waals surface area contributed by atoms with Crippen molar-refractivity contribution in [3.05, 3.63) is 117 Å². The van der Waals surface area contributed by atoms with E-state index in [1.807, 2.05) is 13.8 Å². The van der Waals surface area contributed by atoms with Crippen LogP contribution in [0.25, 0.3) is 11.1 Å². The molecule has 12 rings (SSSR count). The van der Waals surface area contributed by atoms with Crippen LogP contribution < -0.4 is 46.9 Å². The van der Waals surface area contributed by atoms with Crippen molar-refractivity contribution >= 4 is 82.7 Å². The highest BCUT2D eigenvalue weighted by Crippen LogP contribution is 2.50. The van der Waals surface area contributed by atoms with Gasteiger partial charge in [0.15, 0.2) is 41.5 Å². The minimum Gasteiger partial charge on any atom is -0.508 e. The third kappa shape index (κ3) is 16.5. The number of ether oxygens (including phenoxy) is 6. The number of Topliss-reactive ketones (excluding diaryl/α,β-unsaturated/α-hetero) is 2. The number of hydrogen-bond acceptors (Lipinski definition) is 24. The zero-order valence-electron chi connectivity index (χ0n) is 55.4. The van der Waals surface area contributed by atoms with Crippen molar-refractivity contribution in [2.24, 2.45) is 29.2 Å². The van der Waals surface area contributed by atoms with Crippen LogP contribution in [-0.4, -0.2) is 172 Å². The van der Waals surface area contributed by atoms with Crippen LogP contribution in [0.2, 0.25) is 10.0 Å². The monoisotopic (exact) mass is 1480 g/mol. The first-order valence-corrected chi connectivity index (χ1v) is 33.2. The van der Waals surface area contributed by atoms with Gasteiger partial charge >= 0.3 is 5.97 Å². The topological polar surface area (TPSA) is 494 Å². The number of primary amides is 1. The lowest BCUT2D eigenvalue weighted by Crippen LogP contribution is -2.64. The van der Waals surface area contributed by atoms with Crippen molar-refractivity contribution in [1.29, 1.82) is 0 Å². The molecule has 18 N–H and O–H groups in total. The van der Waals surface area contributed by atoms with Gasteiger partial charge in [0.1, 0.15) is 77.4 Å². The first-order valence-electron chi connectivity index (χ1n) is 32.4. The highest BCUT2D eigenvalue weighted by Gasteiger charge is 2.51. The standard InChI is InChI=1S/C69H78Cl2N6O24.ClH/c1-6-28(13-26(2)3)63(90)76-54-42(82)17-33(20-49(72)84)64(91)74-52-32-18-46(97-44-11-8-30(56(54)85)15-38(44)70)60(101-68-61(59(88)58(87)48(25-78)99-68)100-50-24-69(5,73)62(89)27(4)96-50)47(19-32)98-45-12-9-31(16-39(45)71)57(86)55-66(93)75-53(67(94)95)37-21-34(79)22-41(81)51(37)36-14-29(7-10-40(36)80)35(23-43(52)83)65(92)77-55;/h7-12,14-16,18-19,21-22,26-28,33,35,48,50,52-59,61-62,68,78-81,85-89H,6,13,17,20,23-25,73H2,1-5H3,(H2,72,84)(H,74,91)(H,75,93)(H,76,90)(H,77,92)(H,94,95);1H/t27-,28-,33+,35-,48?,50+,52-,53-,54?,55?,56?,57-,58-,59+,61?,62-,68+,69?;/m1./s1. The number of halogens is 3. The fraction of sp³-hybridized carbons (Fsp3) is 0.449. The third-order valence-corrected chi connectivity index (χ3v) is 19.2. The molecule has 7 aliphatic heterocycles. The van der Waals surface area contributed by atoms with Crippen molar-refractivity contribution < 1.29 is 118 Å². The molecule has 0 aliphatic carbocycles. The predicted octanol–water partition coefficient (Wildman–Crippen LogP) is 3.94. The number of phenolic OH excluding ortho intramolecular Hbond substituents is 3. The second-order valence-electron chi connectivity index (χ2n) is 26.6. The Kier molecular flexibility index (Phi) is 24.1. The molecule has 2 saturated heterocycles. The highest BCUT2D eigenvalue weighted by atomic mass is 35.5. The van der Waals surface area contributed by atoms with E-state index in [4.69, 9.17) is 63.1 Å². The summed E-state index contributed by atoms with van der Waals surface area (Å²) in [6.07, 6.45) is -19.8. The molecule has 6 unspecified atom stereocenters. The summed E-state index contributed by atoms with van der Waals surface area (Å²) in [5, 5.41) is 123. The van der Waals surface area contributed by atoms with Gasteiger partial charge in [-0.25, -0.2) is 4.79 Å². The summed E-state index contributed by atoms with van der Waals surface area (Å²) in [6.45, 7) is 7.55. The number of amides is 5. The lowest BCUT2D eigenvalue weighted by atomic mass is 9.84. The summed E-state index contributed by atoms with van der Waals surface area (Å²) >= 11 is 14.2. The molecule has 0 saturated carbocycles. The summed E-state index contributed by atoms with van der Waals surface area (Å²) in [4.78, 5) is 117. The van der Waals surface area contributed by atoms with Crippen molar-refractivity contribution in [2.45, 2.75) is 170 Å². The fourth-order valence-electron chi connectivity index (χ4n) is 13.2. The summed E-state index contributed by atoms with van der Waals surface area (Å²) in [5.41, 5.74) is 8.53. The summed E-state index contributed by atoms with van der Waals surface area (Å²) in [6, 6.07) is 5.66. The Hall–Kier alpha value is -8.47. The Bertz CT molecular complexity index is 4070. The molecule has 5 aromatic rings. The number of nitrogens with one attached hydrogen (secondary N) is 4. The largest absolute Gasteiger partial charge is 0.508 e. The lowest BCUT2D eigenvalue weighted by Gasteiger charge is -2.47. The van der Waals surface area contributed by atoms with Gasteiger partial charge in [-0.1, -0.05) is 62.2 Å². The molecule has 5 aromatic carbocycles. The highest BCUT2D eigenvalue weighted by molar-refractivity contribution is 6.32. The number of hydrogen-bond donors (Lipinski definition) is 16. The molecule has 102 heavy (non-hydrogen) atoms. The van der Waals surface area contributed by atoms with Crippen LogP contribution in [0, 0.1) is 17.8 Å². The van der Waals surface area contributed by atoms with Gasteiger partial charge in [0, 0.05) is 59.9 Å². The average molecular weight is 1480 g/mol. The number of nitrogens with two attached hydrogens (primary N) is 2. The third-order valence-electron chi connectivity index (χ3n) is 18.6. The van der Waals surface area contributed by atoms with Crippen molar-refractivity contribution in [3.8, 4) is 57.1 Å². The number of phenols is 3. The minimum atomic E-state index is -2.24. The van der Waals surface area contributed by atoms with Crippen LogP contribution in [0.5, 0.6) is 46.0 Å². The maximum atomic E-state index is 16.2. The molecule has 550 valence electrons. The second-order valence-corrected chi connectivity index (χ2v) is 27.4. The van der Waals surface area contributed by atoms with Crippen molar-refractivity contribution in [3.63, 3.8) is 0 Å². The van der Waals surface area contributed by atoms with Gasteiger partial charge in [-0.15, -0.1) is 12.4 Å². The van der Waals surface area contributed by atoms with Gasteiger partial charge < -0.3 is 112 Å². The SMILES string of the molecule is CC[C@H](CC(C)C)C(=O)NC1C(=O)C[C@@H](CC(N)=O)C(=O)N[C@H]2C(=O)C[C@H]3C(=O)NC(C(=O)N[C@@H](C(=O)O)c4cc(O)cc(O)c4-c4cc3ccc4O)[C@H](O)c3ccc(c(Cl)c3)Oc3cc2cc(c3O[C@@H]2OC(CO)[C@@H](O)[C@H](O)C2O[C@H]2CC(C)(N)[C@H](O)[C@@H](C)O2)Oc2ccc(cc2Cl)C1O.Cl. The molecule has 11 bridgehead atoms. The number of carboxylic acids is 1. The van der Waals surface area contributed by atoms with E-state index in [0.717, 1.165) is 54.6 Å². The zero-order valence-corrected chi connectivity index (χ0v) is 57.7. The lowest BCUT2D eigenvalue weighted by molar-refractivity contribution is -0.333. The molecule has 33 heteroatoms. The van der Waals surface area contributed by atoms with E-state index in [-0.39, 0.29) is 63.5 Å². The van der Waals surface area contributed by atoms with Crippen LogP contribution in [0.1, 0.15) is 131 Å². The number of ketones is 2. The normalized spacial score (nSPS) is 29.3. The number of carboxylic acid groups (broad SMARTS) is 1. The quantitative estimate of drug-likeness (QED) is 0.0793. The molecule has 0 spiro atoms. The minimum absolute atomic E-state index is 0. The van der Waals surface area contributed by atoms with Crippen molar-refractivity contribution in [1.82, 2.24) is 21.3 Å². The number of carbonyl (C=O) groups is 8. The van der Waals surface area contributed by atoms with E-state index in [0.29, 0.717) is 12.8 Å². The molecule has 2 fully saturated rings. The number of aromatic hydroxyl groups is 3. The molecular weight excluding hydrogens is 1400 g/mol. The Balaban J connectivity index is 0.0000121. The molecule has 18 atom stereocenters. The Labute approximate surface area is 598 Å². The van der Waals surface area contributed by atoms with Gasteiger partial charge in [0.25, 0.3) is 0 Å². The average Bonchev–Trinajstić information content (AvgIpc) is 0.773. The van der Waals surface area contributed by atoms with Crippen LogP contribution in [0.15, 0.2) is 78.9 Å². The number of aliphatic carboxylic acids is 1. The molecule has 0 aromatic heterocycles. The summed E-state index contributed by atoms with van der Waals surface area (Å²) in [7, 11) is 0. The first kappa shape index (κ1) is 77.7. The van der Waals surface area contributed by atoms with Gasteiger partial charge in [0.2, 0.25) is 41.6 Å². The van der Waals surface area contributed by atoms with Crippen molar-refractivity contribution in [2.75, 3.05) is 6.61 Å². The van der Waals surface area contributed by atoms with E-state index in [2.05, 4.69) is 21.3 Å². The zero-order chi connectivity index (χ0) is 73.5. The maximum absolute atomic E-state index is 16.2. The smallest absolute Gasteiger partial charge is 0.330 e. The number of aliphatic hydroxyl groups is 6. The van der Waals surface area contributed by atoms with Gasteiger partial charge in [-0.3, -0.25) is 33.6 Å². The van der Waals surface area contributed by atoms with Crippen LogP contribution >= 0.6 is 35.6 Å². The molecule has 7 aliphatic rings. The Morgan fingerprint density at radius 2 is 1.37 bits per heavy atom. The van der Waals surface area contributed by atoms with Gasteiger partial charge in [-0.2, -0.15) is 0 Å².